The topological polar surface area (TPSA) is 40.5 Å². The van der Waals surface area contributed by atoms with Crippen LogP contribution in [0.4, 0.5) is 0 Å². The third-order valence-corrected chi connectivity index (χ3v) is 9.68. The van der Waals surface area contributed by atoms with Gasteiger partial charge in [-0.1, -0.05) is 0 Å². The predicted octanol–water partition coefficient (Wildman–Crippen LogP) is -0.0546. The first kappa shape index (κ1) is 13.8. The van der Waals surface area contributed by atoms with Gasteiger partial charge in [0.15, 0.2) is 0 Å². The molecule has 2 rings (SSSR count). The molecule has 0 bridgehead atoms. The average molecular weight is 372 g/mol. The van der Waals surface area contributed by atoms with E-state index in [-0.39, 0.29) is 13.2 Å². The van der Waals surface area contributed by atoms with Crippen LogP contribution in [0.25, 0.3) is 0 Å². The fraction of sp³-hybridized carbons (Fsp3) is 0.143. The van der Waals surface area contributed by atoms with E-state index in [9.17, 15) is 0 Å². The molecule has 2 nitrogen and oxygen atoms in total. The molecular formula is C14H14O2Se2. The number of rotatable bonds is 5. The summed E-state index contributed by atoms with van der Waals surface area (Å²) in [6.45, 7) is 0.224. The molecule has 2 aromatic carbocycles. The summed E-state index contributed by atoms with van der Waals surface area (Å²) in [6, 6.07) is 16.4. The van der Waals surface area contributed by atoms with Crippen LogP contribution < -0.4 is 8.92 Å². The van der Waals surface area contributed by atoms with Crippen molar-refractivity contribution in [1.82, 2.24) is 0 Å². The molecule has 4 heteroatoms. The third-order valence-electron chi connectivity index (χ3n) is 2.45. The van der Waals surface area contributed by atoms with Crippen molar-refractivity contribution < 1.29 is 10.2 Å². The van der Waals surface area contributed by atoms with Crippen LogP contribution in [-0.2, 0) is 13.2 Å². The van der Waals surface area contributed by atoms with Gasteiger partial charge >= 0.3 is 118 Å². The second-order valence-corrected chi connectivity index (χ2v) is 10.1. The molecule has 0 saturated carbocycles. The van der Waals surface area contributed by atoms with Crippen molar-refractivity contribution in [3.63, 3.8) is 0 Å². The molecule has 0 aliphatic rings. The van der Waals surface area contributed by atoms with Gasteiger partial charge in [-0.25, -0.2) is 0 Å². The van der Waals surface area contributed by atoms with E-state index in [0.717, 1.165) is 11.1 Å². The Morgan fingerprint density at radius 2 is 0.944 bits per heavy atom. The van der Waals surface area contributed by atoms with Crippen LogP contribution in [-0.4, -0.2) is 36.5 Å². The SMILES string of the molecule is OCc1ccc([Se][Se]c2ccc(CO)cc2)cc1. The molecule has 0 spiro atoms. The number of benzene rings is 2. The van der Waals surface area contributed by atoms with E-state index >= 15 is 0 Å². The first-order valence-electron chi connectivity index (χ1n) is 5.56. The van der Waals surface area contributed by atoms with Crippen LogP contribution in [0.2, 0.25) is 0 Å². The van der Waals surface area contributed by atoms with Crippen LogP contribution >= 0.6 is 0 Å². The summed E-state index contributed by atoms with van der Waals surface area (Å²) in [5.41, 5.74) is 1.93. The molecule has 2 aromatic rings. The monoisotopic (exact) mass is 374 g/mol. The zero-order valence-corrected chi connectivity index (χ0v) is 13.2. The summed E-state index contributed by atoms with van der Waals surface area (Å²) in [4.78, 5) is 0. The minimum atomic E-state index is 0.112. The molecule has 0 aliphatic carbocycles. The van der Waals surface area contributed by atoms with Crippen LogP contribution in [0, 0.1) is 0 Å². The van der Waals surface area contributed by atoms with Gasteiger partial charge in [0.05, 0.1) is 0 Å². The Kier molecular flexibility index (Phi) is 5.45. The molecule has 18 heavy (non-hydrogen) atoms. The quantitative estimate of drug-likeness (QED) is 0.723. The summed E-state index contributed by atoms with van der Waals surface area (Å²) in [7, 11) is 0. The standard InChI is InChI=1S/C14H14O2Se2/c15-9-11-1-5-13(6-2-11)17-18-14-7-3-12(10-16)4-8-14/h1-8,15-16H,9-10H2. The summed E-state index contributed by atoms with van der Waals surface area (Å²) in [5.74, 6) is 0. The van der Waals surface area contributed by atoms with E-state index in [1.165, 1.54) is 8.92 Å². The van der Waals surface area contributed by atoms with E-state index in [1.54, 1.807) is 0 Å². The second kappa shape index (κ2) is 7.10. The number of aliphatic hydroxyl groups is 2. The number of hydrogen-bond donors (Lipinski definition) is 2. The van der Waals surface area contributed by atoms with Crippen molar-refractivity contribution in [2.45, 2.75) is 13.2 Å². The van der Waals surface area contributed by atoms with Gasteiger partial charge in [0, 0.05) is 0 Å². The summed E-state index contributed by atoms with van der Waals surface area (Å²) in [6.07, 6.45) is 0. The van der Waals surface area contributed by atoms with Crippen molar-refractivity contribution in [2.75, 3.05) is 0 Å². The molecule has 0 heterocycles. The van der Waals surface area contributed by atoms with Crippen molar-refractivity contribution in [3.05, 3.63) is 59.7 Å². The van der Waals surface area contributed by atoms with Crippen LogP contribution in [0.1, 0.15) is 11.1 Å². The third kappa shape index (κ3) is 3.96. The molecule has 0 aromatic heterocycles. The van der Waals surface area contributed by atoms with Gasteiger partial charge in [0.25, 0.3) is 0 Å². The van der Waals surface area contributed by atoms with Crippen LogP contribution in [0.15, 0.2) is 48.5 Å². The summed E-state index contributed by atoms with van der Waals surface area (Å²) < 4.78 is 2.73. The molecule has 0 fully saturated rings. The van der Waals surface area contributed by atoms with Crippen molar-refractivity contribution in [2.24, 2.45) is 0 Å². The molecule has 0 amide bonds. The first-order chi connectivity index (χ1) is 8.81. The Morgan fingerprint density at radius 3 is 1.22 bits per heavy atom. The Bertz CT molecular complexity index is 433. The van der Waals surface area contributed by atoms with E-state index in [0.29, 0.717) is 26.3 Å². The van der Waals surface area contributed by atoms with E-state index in [1.807, 2.05) is 24.3 Å². The van der Waals surface area contributed by atoms with E-state index in [2.05, 4.69) is 24.3 Å². The minimum absolute atomic E-state index is 0.112. The van der Waals surface area contributed by atoms with Crippen molar-refractivity contribution in [1.29, 1.82) is 0 Å². The molecular weight excluding hydrogens is 358 g/mol. The van der Waals surface area contributed by atoms with Gasteiger partial charge < -0.3 is 0 Å². The van der Waals surface area contributed by atoms with Gasteiger partial charge in [-0.15, -0.1) is 0 Å². The van der Waals surface area contributed by atoms with Gasteiger partial charge in [-0.3, -0.25) is 0 Å². The molecule has 0 unspecified atom stereocenters. The molecule has 0 atom stereocenters. The van der Waals surface area contributed by atoms with Gasteiger partial charge in [0.1, 0.15) is 0 Å². The second-order valence-electron chi connectivity index (χ2n) is 3.77. The van der Waals surface area contributed by atoms with Crippen LogP contribution in [0.3, 0.4) is 0 Å². The zero-order chi connectivity index (χ0) is 12.8. The summed E-state index contributed by atoms with van der Waals surface area (Å²) in [5, 5.41) is 17.9. The Hall–Kier alpha value is -0.601. The Balaban J connectivity index is 1.93. The number of aliphatic hydroxyl groups excluding tert-OH is 2. The normalized spacial score (nSPS) is 10.6. The van der Waals surface area contributed by atoms with E-state index < -0.39 is 0 Å². The van der Waals surface area contributed by atoms with Crippen molar-refractivity contribution >= 4 is 35.2 Å². The molecule has 0 aliphatic heterocycles. The molecule has 0 radical (unpaired) electrons. The molecule has 0 saturated heterocycles. The predicted molar refractivity (Wildman–Crippen MR) is 75.5 cm³/mol. The van der Waals surface area contributed by atoms with Gasteiger partial charge in [0.2, 0.25) is 0 Å². The number of hydrogen-bond acceptors (Lipinski definition) is 2. The van der Waals surface area contributed by atoms with Crippen molar-refractivity contribution in [3.8, 4) is 0 Å². The first-order valence-corrected chi connectivity index (χ1v) is 11.6. The fourth-order valence-corrected chi connectivity index (χ4v) is 7.36. The van der Waals surface area contributed by atoms with Gasteiger partial charge in [-0.05, 0) is 0 Å². The van der Waals surface area contributed by atoms with E-state index in [4.69, 9.17) is 10.2 Å². The molecule has 2 N–H and O–H groups in total. The molecule has 94 valence electrons. The maximum atomic E-state index is 8.97. The fourth-order valence-electron chi connectivity index (χ4n) is 1.40. The Labute approximate surface area is 118 Å². The Morgan fingerprint density at radius 1 is 0.611 bits per heavy atom. The summed E-state index contributed by atoms with van der Waals surface area (Å²) >= 11 is 0.948. The zero-order valence-electron chi connectivity index (χ0n) is 9.74. The maximum absolute atomic E-state index is 8.97. The van der Waals surface area contributed by atoms with Gasteiger partial charge in [-0.2, -0.15) is 0 Å². The average Bonchev–Trinajstić information content (AvgIpc) is 2.46. The van der Waals surface area contributed by atoms with Crippen LogP contribution in [0.5, 0.6) is 0 Å².